The summed E-state index contributed by atoms with van der Waals surface area (Å²) in [5.41, 5.74) is -0.417. The average molecular weight is 286 g/mol. The first-order chi connectivity index (χ1) is 9.45. The molecule has 0 atom stereocenters. The van der Waals surface area contributed by atoms with Crippen LogP contribution in [-0.4, -0.2) is 31.3 Å². The van der Waals surface area contributed by atoms with Gasteiger partial charge in [0.05, 0.1) is 0 Å². The van der Waals surface area contributed by atoms with Gasteiger partial charge in [-0.1, -0.05) is 39.0 Å². The van der Waals surface area contributed by atoms with Crippen LogP contribution in [0, 0.1) is 0 Å². The molecule has 0 aromatic carbocycles. The zero-order valence-electron chi connectivity index (χ0n) is 13.9. The number of rotatable bonds is 11. The second-order valence-electron chi connectivity index (χ2n) is 6.30. The van der Waals surface area contributed by atoms with Crippen LogP contribution in [0.25, 0.3) is 0 Å². The van der Waals surface area contributed by atoms with Crippen LogP contribution in [0.3, 0.4) is 0 Å². The van der Waals surface area contributed by atoms with Crippen molar-refractivity contribution in [2.75, 3.05) is 19.6 Å². The van der Waals surface area contributed by atoms with Gasteiger partial charge in [-0.05, 0) is 46.7 Å². The third-order valence-electron chi connectivity index (χ3n) is 2.91. The molecule has 0 saturated carbocycles. The van der Waals surface area contributed by atoms with E-state index in [1.54, 1.807) is 0 Å². The number of hydrogen-bond donors (Lipinski definition) is 2. The lowest BCUT2D eigenvalue weighted by Crippen LogP contribution is -2.34. The molecule has 0 aliphatic heterocycles. The van der Waals surface area contributed by atoms with E-state index < -0.39 is 5.60 Å². The predicted molar refractivity (Wildman–Crippen MR) is 85.1 cm³/mol. The Balaban J connectivity index is 3.19. The first-order valence-corrected chi connectivity index (χ1v) is 8.13. The van der Waals surface area contributed by atoms with E-state index in [0.29, 0.717) is 6.54 Å². The van der Waals surface area contributed by atoms with E-state index in [9.17, 15) is 4.79 Å². The first kappa shape index (κ1) is 19.2. The van der Waals surface area contributed by atoms with Crippen LogP contribution >= 0.6 is 0 Å². The normalized spacial score (nSPS) is 11.4. The van der Waals surface area contributed by atoms with Gasteiger partial charge >= 0.3 is 6.09 Å². The summed E-state index contributed by atoms with van der Waals surface area (Å²) in [6, 6.07) is 0. The fraction of sp³-hybridized carbons (Fsp3) is 0.938. The lowest BCUT2D eigenvalue weighted by molar-refractivity contribution is 0.0527. The van der Waals surface area contributed by atoms with Gasteiger partial charge in [-0.3, -0.25) is 0 Å². The van der Waals surface area contributed by atoms with E-state index in [1.165, 1.54) is 38.5 Å². The van der Waals surface area contributed by atoms with Crippen molar-refractivity contribution in [3.8, 4) is 0 Å². The van der Waals surface area contributed by atoms with Gasteiger partial charge in [0.2, 0.25) is 0 Å². The van der Waals surface area contributed by atoms with Crippen molar-refractivity contribution in [2.24, 2.45) is 0 Å². The molecule has 0 spiro atoms. The van der Waals surface area contributed by atoms with E-state index in [-0.39, 0.29) is 6.09 Å². The minimum Gasteiger partial charge on any atom is -0.444 e. The Labute approximate surface area is 125 Å². The van der Waals surface area contributed by atoms with Gasteiger partial charge in [0.1, 0.15) is 5.60 Å². The molecule has 20 heavy (non-hydrogen) atoms. The SMILES string of the molecule is CCCCCCCCNCCCNC(=O)OC(C)(C)C. The maximum absolute atomic E-state index is 11.4. The molecule has 0 unspecified atom stereocenters. The minimum atomic E-state index is -0.417. The third kappa shape index (κ3) is 15.3. The van der Waals surface area contributed by atoms with Crippen molar-refractivity contribution in [2.45, 2.75) is 78.2 Å². The molecule has 4 heteroatoms. The average Bonchev–Trinajstić information content (AvgIpc) is 2.34. The molecule has 4 nitrogen and oxygen atoms in total. The smallest absolute Gasteiger partial charge is 0.407 e. The Morgan fingerprint density at radius 1 is 0.900 bits per heavy atom. The Kier molecular flexibility index (Phi) is 11.5. The number of alkyl carbamates (subject to hydrolysis) is 1. The predicted octanol–water partition coefficient (Wildman–Crippen LogP) is 3.85. The molecule has 0 heterocycles. The fourth-order valence-electron chi connectivity index (χ4n) is 1.87. The van der Waals surface area contributed by atoms with E-state index in [0.717, 1.165) is 19.5 Å². The van der Waals surface area contributed by atoms with Gasteiger partial charge in [0, 0.05) is 6.54 Å². The maximum Gasteiger partial charge on any atom is 0.407 e. The highest BCUT2D eigenvalue weighted by Crippen LogP contribution is 2.06. The molecular formula is C16H34N2O2. The number of ether oxygens (including phenoxy) is 1. The molecule has 0 fully saturated rings. The quantitative estimate of drug-likeness (QED) is 0.567. The molecule has 0 radical (unpaired) electrons. The van der Waals surface area contributed by atoms with E-state index in [2.05, 4.69) is 17.6 Å². The summed E-state index contributed by atoms with van der Waals surface area (Å²) < 4.78 is 5.16. The number of nitrogens with one attached hydrogen (secondary N) is 2. The third-order valence-corrected chi connectivity index (χ3v) is 2.91. The number of unbranched alkanes of at least 4 members (excludes halogenated alkanes) is 5. The minimum absolute atomic E-state index is 0.326. The van der Waals surface area contributed by atoms with Gasteiger partial charge in [-0.15, -0.1) is 0 Å². The van der Waals surface area contributed by atoms with Crippen LogP contribution in [-0.2, 0) is 4.74 Å². The zero-order valence-corrected chi connectivity index (χ0v) is 13.9. The summed E-state index contributed by atoms with van der Waals surface area (Å²) in [5, 5.41) is 6.17. The van der Waals surface area contributed by atoms with E-state index >= 15 is 0 Å². The summed E-state index contributed by atoms with van der Waals surface area (Å²) in [7, 11) is 0. The number of carbonyl (C=O) groups excluding carboxylic acids is 1. The molecular weight excluding hydrogens is 252 g/mol. The van der Waals surface area contributed by atoms with Crippen molar-refractivity contribution >= 4 is 6.09 Å². The standard InChI is InChI=1S/C16H34N2O2/c1-5-6-7-8-9-10-12-17-13-11-14-18-15(19)20-16(2,3)4/h17H,5-14H2,1-4H3,(H,18,19). The highest BCUT2D eigenvalue weighted by Gasteiger charge is 2.15. The Hall–Kier alpha value is -0.770. The lowest BCUT2D eigenvalue weighted by Gasteiger charge is -2.19. The van der Waals surface area contributed by atoms with Crippen LogP contribution < -0.4 is 10.6 Å². The van der Waals surface area contributed by atoms with E-state index in [1.807, 2.05) is 20.8 Å². The van der Waals surface area contributed by atoms with Crippen LogP contribution in [0.5, 0.6) is 0 Å². The number of carbonyl (C=O) groups is 1. The lowest BCUT2D eigenvalue weighted by atomic mass is 10.1. The Morgan fingerprint density at radius 2 is 1.50 bits per heavy atom. The summed E-state index contributed by atoms with van der Waals surface area (Å²) >= 11 is 0. The number of hydrogen-bond acceptors (Lipinski definition) is 3. The topological polar surface area (TPSA) is 50.4 Å². The van der Waals surface area contributed by atoms with Gasteiger partial charge in [0.15, 0.2) is 0 Å². The second kappa shape index (κ2) is 12.0. The van der Waals surface area contributed by atoms with Crippen molar-refractivity contribution in [3.05, 3.63) is 0 Å². The highest BCUT2D eigenvalue weighted by molar-refractivity contribution is 5.67. The molecule has 0 aromatic rings. The molecule has 0 saturated heterocycles. The van der Waals surface area contributed by atoms with Crippen LogP contribution in [0.2, 0.25) is 0 Å². The van der Waals surface area contributed by atoms with E-state index in [4.69, 9.17) is 4.74 Å². The molecule has 1 amide bonds. The van der Waals surface area contributed by atoms with Gasteiger partial charge in [-0.2, -0.15) is 0 Å². The van der Waals surface area contributed by atoms with Crippen molar-refractivity contribution < 1.29 is 9.53 Å². The molecule has 2 N–H and O–H groups in total. The Morgan fingerprint density at radius 3 is 2.15 bits per heavy atom. The largest absolute Gasteiger partial charge is 0.444 e. The highest BCUT2D eigenvalue weighted by atomic mass is 16.6. The first-order valence-electron chi connectivity index (χ1n) is 8.13. The monoisotopic (exact) mass is 286 g/mol. The van der Waals surface area contributed by atoms with Crippen LogP contribution in [0.15, 0.2) is 0 Å². The summed E-state index contributed by atoms with van der Waals surface area (Å²) in [6.07, 6.45) is 8.59. The summed E-state index contributed by atoms with van der Waals surface area (Å²) in [5.74, 6) is 0. The number of amides is 1. The second-order valence-corrected chi connectivity index (χ2v) is 6.30. The molecule has 0 aliphatic carbocycles. The zero-order chi connectivity index (χ0) is 15.3. The molecule has 120 valence electrons. The molecule has 0 bridgehead atoms. The van der Waals surface area contributed by atoms with Crippen molar-refractivity contribution in [1.82, 2.24) is 10.6 Å². The maximum atomic E-state index is 11.4. The van der Waals surface area contributed by atoms with Gasteiger partial charge in [-0.25, -0.2) is 4.79 Å². The summed E-state index contributed by atoms with van der Waals surface area (Å²) in [6.45, 7) is 10.5. The molecule has 0 aromatic heterocycles. The van der Waals surface area contributed by atoms with Gasteiger partial charge in [0.25, 0.3) is 0 Å². The Bertz CT molecular complexity index is 237. The summed E-state index contributed by atoms with van der Waals surface area (Å²) in [4.78, 5) is 11.4. The van der Waals surface area contributed by atoms with Crippen LogP contribution in [0.4, 0.5) is 4.79 Å². The molecule has 0 aliphatic rings. The fourth-order valence-corrected chi connectivity index (χ4v) is 1.87. The van der Waals surface area contributed by atoms with Gasteiger partial charge < -0.3 is 15.4 Å². The van der Waals surface area contributed by atoms with Crippen molar-refractivity contribution in [3.63, 3.8) is 0 Å². The van der Waals surface area contributed by atoms with Crippen molar-refractivity contribution in [1.29, 1.82) is 0 Å². The molecule has 0 rings (SSSR count). The van der Waals surface area contributed by atoms with Crippen LogP contribution in [0.1, 0.15) is 72.6 Å².